The van der Waals surface area contributed by atoms with E-state index in [1.54, 1.807) is 0 Å². The molecule has 0 unspecified atom stereocenters. The molecule has 0 nitrogen and oxygen atoms in total. The first-order valence-corrected chi connectivity index (χ1v) is 17.9. The molecule has 0 saturated carbocycles. The summed E-state index contributed by atoms with van der Waals surface area (Å²) in [6.07, 6.45) is 11.0. The van der Waals surface area contributed by atoms with Gasteiger partial charge in [0.1, 0.15) is 0 Å². The van der Waals surface area contributed by atoms with Crippen LogP contribution in [0.3, 0.4) is 0 Å². The average molecular weight is 759 g/mol. The van der Waals surface area contributed by atoms with Crippen LogP contribution in [0.2, 0.25) is 0 Å². The molecule has 4 aromatic carbocycles. The summed E-state index contributed by atoms with van der Waals surface area (Å²) in [4.78, 5) is 0. The van der Waals surface area contributed by atoms with Crippen LogP contribution in [-0.2, 0) is 41.5 Å². The molecule has 48 heavy (non-hydrogen) atoms. The second-order valence-corrected chi connectivity index (χ2v) is 14.1. The summed E-state index contributed by atoms with van der Waals surface area (Å²) in [5.74, 6) is 1.37. The molecule has 0 bridgehead atoms. The van der Waals surface area contributed by atoms with Gasteiger partial charge in [-0.3, -0.25) is 6.08 Å². The number of hydrogen-bond acceptors (Lipinski definition) is 0. The van der Waals surface area contributed by atoms with Crippen LogP contribution in [0, 0.1) is 38.8 Å². The van der Waals surface area contributed by atoms with Crippen LogP contribution in [0.5, 0.6) is 0 Å². The first-order valence-electron chi connectivity index (χ1n) is 16.2. The van der Waals surface area contributed by atoms with Crippen LogP contribution in [0.15, 0.2) is 97.1 Å². The Labute approximate surface area is 321 Å². The third-order valence-electron chi connectivity index (χ3n) is 7.86. The second kappa shape index (κ2) is 21.5. The number of aryl methyl sites for hydroxylation is 2. The van der Waals surface area contributed by atoms with E-state index in [1.807, 2.05) is 48.6 Å². The SMILES string of the molecule is C[C-](C)c1ccccc1.Cc1[c-]c2c(cc1C(C)(C)C)-c1cc(C(C)(C)C)c(C)cc1C2.Cl.Cl.[C-]1=CC=CC1.[CH2-]c1ccccc1.[CH2]=[Zr]. The van der Waals surface area contributed by atoms with E-state index in [0.717, 1.165) is 18.4 Å². The van der Waals surface area contributed by atoms with Gasteiger partial charge in [0.05, 0.1) is 0 Å². The number of rotatable bonds is 1. The monoisotopic (exact) mass is 756 g/mol. The molecule has 3 heteroatoms. The second-order valence-electron chi connectivity index (χ2n) is 14.1. The first kappa shape index (κ1) is 45.4. The summed E-state index contributed by atoms with van der Waals surface area (Å²) in [5.41, 5.74) is 14.0. The molecule has 0 fully saturated rings. The molecule has 2 aliphatic rings. The Morgan fingerprint density at radius 1 is 0.750 bits per heavy atom. The van der Waals surface area contributed by atoms with E-state index in [0.29, 0.717) is 0 Å². The van der Waals surface area contributed by atoms with Crippen LogP contribution < -0.4 is 0 Å². The van der Waals surface area contributed by atoms with Crippen LogP contribution >= 0.6 is 24.8 Å². The quantitative estimate of drug-likeness (QED) is 0.149. The molecular formula is C45H56Cl2Zr-4. The van der Waals surface area contributed by atoms with Crippen molar-refractivity contribution in [2.24, 2.45) is 0 Å². The van der Waals surface area contributed by atoms with Gasteiger partial charge in [-0.05, 0) is 35.4 Å². The van der Waals surface area contributed by atoms with Gasteiger partial charge in [0.2, 0.25) is 0 Å². The van der Waals surface area contributed by atoms with Crippen LogP contribution in [0.4, 0.5) is 0 Å². The molecule has 0 radical (unpaired) electrons. The number of halogens is 2. The zero-order valence-electron chi connectivity index (χ0n) is 30.9. The molecule has 0 N–H and O–H groups in total. The van der Waals surface area contributed by atoms with Crippen molar-refractivity contribution < 1.29 is 24.2 Å². The van der Waals surface area contributed by atoms with Crippen LogP contribution in [0.1, 0.15) is 106 Å². The van der Waals surface area contributed by atoms with Gasteiger partial charge in [0.25, 0.3) is 0 Å². The summed E-state index contributed by atoms with van der Waals surface area (Å²) in [6, 6.07) is 31.2. The Kier molecular flexibility index (Phi) is 20.4. The summed E-state index contributed by atoms with van der Waals surface area (Å²) in [7, 11) is 0. The van der Waals surface area contributed by atoms with Crippen molar-refractivity contribution in [3.8, 4) is 11.1 Å². The van der Waals surface area contributed by atoms with Gasteiger partial charge in [0, 0.05) is 0 Å². The Balaban J connectivity index is 0.000000724. The summed E-state index contributed by atoms with van der Waals surface area (Å²) in [5, 5.41) is 0. The number of allylic oxidation sites excluding steroid dienone is 4. The minimum absolute atomic E-state index is 0. The normalized spacial score (nSPS) is 11.5. The molecule has 0 saturated heterocycles. The van der Waals surface area contributed by atoms with Gasteiger partial charge < -0.3 is 0 Å². The topological polar surface area (TPSA) is 0 Å². The Hall–Kier alpha value is -2.57. The molecule has 0 aromatic heterocycles. The van der Waals surface area contributed by atoms with Crippen molar-refractivity contribution in [1.82, 2.24) is 0 Å². The van der Waals surface area contributed by atoms with Crippen molar-refractivity contribution in [1.29, 1.82) is 0 Å². The predicted octanol–water partition coefficient (Wildman–Crippen LogP) is 12.9. The molecule has 0 atom stereocenters. The minimum atomic E-state index is 0. The zero-order valence-corrected chi connectivity index (χ0v) is 35.0. The molecule has 4 aromatic rings. The van der Waals surface area contributed by atoms with Gasteiger partial charge in [-0.2, -0.15) is 72.0 Å². The fraction of sp³-hybridized carbons (Fsp3) is 0.311. The summed E-state index contributed by atoms with van der Waals surface area (Å²) >= 11 is 1.30. The number of hydrogen-bond donors (Lipinski definition) is 0. The van der Waals surface area contributed by atoms with Crippen LogP contribution in [0.25, 0.3) is 11.1 Å². The average Bonchev–Trinajstić information content (AvgIpc) is 3.69. The fourth-order valence-electron chi connectivity index (χ4n) is 5.61. The molecule has 0 heterocycles. The Bertz CT molecular complexity index is 1490. The molecule has 258 valence electrons. The first-order chi connectivity index (χ1) is 21.7. The van der Waals surface area contributed by atoms with Gasteiger partial charge in [-0.15, -0.1) is 72.2 Å². The molecule has 6 rings (SSSR count). The molecule has 2 aliphatic carbocycles. The van der Waals surface area contributed by atoms with Crippen molar-refractivity contribution in [2.45, 2.75) is 92.9 Å². The number of benzene rings is 4. The maximum atomic E-state index is 3.72. The summed E-state index contributed by atoms with van der Waals surface area (Å²) < 4.78 is 3.34. The van der Waals surface area contributed by atoms with E-state index < -0.39 is 0 Å². The van der Waals surface area contributed by atoms with Crippen molar-refractivity contribution in [3.63, 3.8) is 0 Å². The Morgan fingerprint density at radius 3 is 1.65 bits per heavy atom. The standard InChI is InChI=1S/C23H29.C9H11.C7H7.C5H5.CH2.2ClH.Zr/c1-14-9-16-11-17-10-15(2)21(23(6,7)8)13-19(17)18(16)12-20(14)22(3,4)5;1-8(2)9-6-4-3-5-7-9;1-7-5-3-2-4-6-7;1-2-4-5-3-1;;;;/h9,12-13H,11H2,1-8H3;3-7H,1-2H3;2-6H,1H2;1-3H,4H2;1H2;2*1H;/q4*-1;;;;. The third kappa shape index (κ3) is 14.1. The Morgan fingerprint density at radius 2 is 1.27 bits per heavy atom. The molecule has 0 spiro atoms. The number of fused-ring (bicyclic) bond motifs is 3. The summed E-state index contributed by atoms with van der Waals surface area (Å²) in [6.45, 7) is 26.2. The van der Waals surface area contributed by atoms with Crippen molar-refractivity contribution >= 4 is 29.0 Å². The van der Waals surface area contributed by atoms with Gasteiger partial charge >= 0.3 is 28.4 Å². The fourth-order valence-corrected chi connectivity index (χ4v) is 5.61. The van der Waals surface area contributed by atoms with E-state index in [1.165, 1.54) is 80.2 Å². The third-order valence-corrected chi connectivity index (χ3v) is 7.86. The van der Waals surface area contributed by atoms with Gasteiger partial charge in [0.15, 0.2) is 0 Å². The van der Waals surface area contributed by atoms with Crippen LogP contribution in [-0.4, -0.2) is 4.21 Å². The van der Waals surface area contributed by atoms with E-state index in [4.69, 9.17) is 0 Å². The predicted molar refractivity (Wildman–Crippen MR) is 215 cm³/mol. The molecule has 0 aliphatic heterocycles. The maximum absolute atomic E-state index is 3.72. The van der Waals surface area contributed by atoms with Gasteiger partial charge in [-0.25, -0.2) is 12.2 Å². The van der Waals surface area contributed by atoms with Gasteiger partial charge in [-0.1, -0.05) is 97.6 Å². The molecular weight excluding hydrogens is 703 g/mol. The van der Waals surface area contributed by atoms with E-state index >= 15 is 0 Å². The van der Waals surface area contributed by atoms with Crippen molar-refractivity contribution in [2.75, 3.05) is 0 Å². The van der Waals surface area contributed by atoms with Crippen molar-refractivity contribution in [3.05, 3.63) is 167 Å². The van der Waals surface area contributed by atoms with E-state index in [-0.39, 0.29) is 35.6 Å². The van der Waals surface area contributed by atoms with E-state index in [9.17, 15) is 0 Å². The molecule has 0 amide bonds. The van der Waals surface area contributed by atoms with E-state index in [2.05, 4.69) is 141 Å². The zero-order chi connectivity index (χ0) is 34.5.